The van der Waals surface area contributed by atoms with Gasteiger partial charge < -0.3 is 15.5 Å². The zero-order valence-corrected chi connectivity index (χ0v) is 27.3. The van der Waals surface area contributed by atoms with Crippen molar-refractivity contribution in [3.8, 4) is 28.6 Å². The normalized spacial score (nSPS) is 9.95. The predicted octanol–water partition coefficient (Wildman–Crippen LogP) is 6.29. The molecule has 227 valence electrons. The Labute approximate surface area is 272 Å². The number of aromatic nitrogens is 7. The quantitative estimate of drug-likeness (QED) is 0.129. The molecule has 0 aliphatic carbocycles. The van der Waals surface area contributed by atoms with Gasteiger partial charge >= 0.3 is 19.8 Å². The van der Waals surface area contributed by atoms with Crippen molar-refractivity contribution in [3.63, 3.8) is 0 Å². The van der Waals surface area contributed by atoms with Gasteiger partial charge in [-0.3, -0.25) is 0 Å². The Balaban J connectivity index is 0.000000194. The van der Waals surface area contributed by atoms with E-state index in [0.29, 0.717) is 0 Å². The number of nitrogens with two attached hydrogens (primary N) is 1. The molecule has 6 aromatic rings. The first kappa shape index (κ1) is 34.0. The van der Waals surface area contributed by atoms with E-state index in [-0.39, 0.29) is 19.8 Å². The first-order valence-electron chi connectivity index (χ1n) is 14.3. The third-order valence-electron chi connectivity index (χ3n) is 6.11. The number of hydrogen-bond acceptors (Lipinski definition) is 7. The summed E-state index contributed by atoms with van der Waals surface area (Å²) in [5, 5.41) is 8.08. The van der Waals surface area contributed by atoms with Gasteiger partial charge in [0, 0.05) is 43.4 Å². The Morgan fingerprint density at radius 1 is 0.705 bits per heavy atom. The molecule has 0 saturated heterocycles. The van der Waals surface area contributed by atoms with Crippen LogP contribution in [0.4, 0.5) is 0 Å². The fourth-order valence-electron chi connectivity index (χ4n) is 3.95. The van der Waals surface area contributed by atoms with Crippen LogP contribution in [0.3, 0.4) is 0 Å². The minimum Gasteiger partial charge on any atom is -0.494 e. The number of pyridine rings is 3. The largest absolute Gasteiger partial charge is 1.00 e. The Hall–Kier alpha value is -4.51. The maximum atomic E-state index is 5.79. The van der Waals surface area contributed by atoms with Crippen molar-refractivity contribution >= 4 is 0 Å². The van der Waals surface area contributed by atoms with Crippen LogP contribution in [0.1, 0.15) is 31.2 Å². The summed E-state index contributed by atoms with van der Waals surface area (Å²) in [5.74, 6) is 2.56. The summed E-state index contributed by atoms with van der Waals surface area (Å²) in [6.45, 7) is 3.59. The second kappa shape index (κ2) is 19.6. The van der Waals surface area contributed by atoms with Crippen molar-refractivity contribution < 1.29 is 24.5 Å². The molecule has 2 N–H and O–H groups in total. The summed E-state index contributed by atoms with van der Waals surface area (Å²) < 4.78 is 9.24. The molecule has 0 aliphatic rings. The van der Waals surface area contributed by atoms with E-state index in [4.69, 9.17) is 10.5 Å². The SMILES string of the molecule is Cc1cc[c-]c(-c2cc(OCCCCCCN)ccn2)c1.[Os+].c1ccc(-n2cccn2)nc1.c1ccc(-n2cccn2)nc1. The number of unbranched alkanes of at least 4 members (excludes halogenated alkanes) is 3. The molecule has 0 saturated carbocycles. The second-order valence-electron chi connectivity index (χ2n) is 9.48. The molecule has 0 atom stereocenters. The van der Waals surface area contributed by atoms with Crippen molar-refractivity contribution in [2.75, 3.05) is 13.2 Å². The number of aryl methyl sites for hydroxylation is 1. The number of benzene rings is 1. The van der Waals surface area contributed by atoms with E-state index in [9.17, 15) is 0 Å². The standard InChI is InChI=1S/C18H23N2O.2C8H7N3.Os/c1-15-7-6-8-16(13-15)18-14-17(9-11-20-18)21-12-5-3-2-4-10-19;2*1-2-5-9-8(4-1)11-7-3-6-10-11;/h6-7,9,11,13-14H,2-5,10,12,19H2,1H3;2*1-7H;/q-1;;;+1. The molecule has 0 amide bonds. The zero-order chi connectivity index (χ0) is 30.0. The van der Waals surface area contributed by atoms with E-state index in [1.807, 2.05) is 85.2 Å². The molecule has 9 nitrogen and oxygen atoms in total. The van der Waals surface area contributed by atoms with Gasteiger partial charge in [0.15, 0.2) is 11.6 Å². The van der Waals surface area contributed by atoms with Crippen LogP contribution in [0.25, 0.3) is 22.9 Å². The van der Waals surface area contributed by atoms with E-state index in [1.165, 1.54) is 18.4 Å². The van der Waals surface area contributed by atoms with Crippen LogP contribution < -0.4 is 10.5 Å². The summed E-state index contributed by atoms with van der Waals surface area (Å²) in [5.41, 5.74) is 8.59. The van der Waals surface area contributed by atoms with Gasteiger partial charge in [0.2, 0.25) is 0 Å². The first-order valence-corrected chi connectivity index (χ1v) is 14.3. The van der Waals surface area contributed by atoms with Crippen molar-refractivity contribution in [2.45, 2.75) is 32.6 Å². The summed E-state index contributed by atoms with van der Waals surface area (Å²) in [6.07, 6.45) is 17.0. The van der Waals surface area contributed by atoms with Gasteiger partial charge in [-0.1, -0.05) is 31.9 Å². The van der Waals surface area contributed by atoms with Crippen LogP contribution >= 0.6 is 0 Å². The van der Waals surface area contributed by atoms with E-state index < -0.39 is 0 Å². The summed E-state index contributed by atoms with van der Waals surface area (Å²) in [7, 11) is 0. The fourth-order valence-corrected chi connectivity index (χ4v) is 3.95. The van der Waals surface area contributed by atoms with Gasteiger partial charge in [0.25, 0.3) is 0 Å². The van der Waals surface area contributed by atoms with Gasteiger partial charge in [-0.15, -0.1) is 35.4 Å². The summed E-state index contributed by atoms with van der Waals surface area (Å²) in [6, 6.07) is 28.3. The molecule has 10 heteroatoms. The number of rotatable bonds is 10. The van der Waals surface area contributed by atoms with Crippen LogP contribution in [-0.2, 0) is 19.8 Å². The summed E-state index contributed by atoms with van der Waals surface area (Å²) in [4.78, 5) is 12.6. The van der Waals surface area contributed by atoms with Crippen LogP contribution in [0, 0.1) is 13.0 Å². The molecule has 0 fully saturated rings. The summed E-state index contributed by atoms with van der Waals surface area (Å²) >= 11 is 0. The molecule has 5 heterocycles. The molecular weight excluding hydrogens is 727 g/mol. The predicted molar refractivity (Wildman–Crippen MR) is 169 cm³/mol. The Morgan fingerprint density at radius 3 is 1.91 bits per heavy atom. The maximum Gasteiger partial charge on any atom is 1.00 e. The van der Waals surface area contributed by atoms with Crippen LogP contribution in [0.15, 0.2) is 122 Å². The molecule has 1 aromatic carbocycles. The van der Waals surface area contributed by atoms with E-state index in [1.54, 1.807) is 40.3 Å². The Bertz CT molecular complexity index is 1490. The van der Waals surface area contributed by atoms with Gasteiger partial charge in [0.1, 0.15) is 5.75 Å². The molecule has 0 aliphatic heterocycles. The smallest absolute Gasteiger partial charge is 0.494 e. The minimum atomic E-state index is 0. The van der Waals surface area contributed by atoms with E-state index >= 15 is 0 Å². The monoisotopic (exact) mass is 765 g/mol. The van der Waals surface area contributed by atoms with Gasteiger partial charge in [-0.05, 0) is 73.6 Å². The number of nitrogens with zero attached hydrogens (tertiary/aromatic N) is 7. The average Bonchev–Trinajstić information content (AvgIpc) is 3.80. The van der Waals surface area contributed by atoms with Crippen molar-refractivity contribution in [2.24, 2.45) is 5.73 Å². The van der Waals surface area contributed by atoms with Crippen LogP contribution in [0.2, 0.25) is 0 Å². The van der Waals surface area contributed by atoms with Gasteiger partial charge in [-0.2, -0.15) is 10.2 Å². The molecule has 6 rings (SSSR count). The van der Waals surface area contributed by atoms with E-state index in [2.05, 4.69) is 44.2 Å². The zero-order valence-electron chi connectivity index (χ0n) is 24.8. The molecule has 44 heavy (non-hydrogen) atoms. The van der Waals surface area contributed by atoms with Crippen molar-refractivity contribution in [3.05, 3.63) is 134 Å². The Kier molecular flexibility index (Phi) is 15.2. The molecular formula is C34H37N8OOs. The molecule has 0 bridgehead atoms. The topological polar surface area (TPSA) is 110 Å². The first-order chi connectivity index (χ1) is 21.2. The average molecular weight is 764 g/mol. The number of ether oxygens (including phenoxy) is 1. The third-order valence-corrected chi connectivity index (χ3v) is 6.11. The fraction of sp³-hybridized carbons (Fsp3) is 0.206. The van der Waals surface area contributed by atoms with Crippen LogP contribution in [-0.4, -0.2) is 47.7 Å². The van der Waals surface area contributed by atoms with Gasteiger partial charge in [0.05, 0.1) is 6.61 Å². The maximum absolute atomic E-state index is 5.79. The molecule has 5 aromatic heterocycles. The third kappa shape index (κ3) is 11.6. The minimum absolute atomic E-state index is 0. The molecule has 0 spiro atoms. The van der Waals surface area contributed by atoms with Crippen LogP contribution in [0.5, 0.6) is 5.75 Å². The molecule has 0 unspecified atom stereocenters. The molecule has 1 radical (unpaired) electrons. The Morgan fingerprint density at radius 2 is 1.36 bits per heavy atom. The second-order valence-corrected chi connectivity index (χ2v) is 9.48. The van der Waals surface area contributed by atoms with Gasteiger partial charge in [-0.25, -0.2) is 19.3 Å². The number of hydrogen-bond donors (Lipinski definition) is 1. The van der Waals surface area contributed by atoms with Crippen molar-refractivity contribution in [1.29, 1.82) is 0 Å². The van der Waals surface area contributed by atoms with E-state index in [0.717, 1.165) is 54.6 Å². The van der Waals surface area contributed by atoms with Crippen molar-refractivity contribution in [1.82, 2.24) is 34.5 Å².